The van der Waals surface area contributed by atoms with Gasteiger partial charge in [-0.05, 0) is 57.5 Å². The topological polar surface area (TPSA) is 54.0 Å². The first-order valence-corrected chi connectivity index (χ1v) is 7.86. The molecule has 0 fully saturated rings. The highest BCUT2D eigenvalue weighted by Crippen LogP contribution is 2.23. The van der Waals surface area contributed by atoms with Gasteiger partial charge in [0.1, 0.15) is 5.69 Å². The minimum atomic E-state index is -0.274. The van der Waals surface area contributed by atoms with Crippen molar-refractivity contribution in [2.45, 2.75) is 33.2 Å². The lowest BCUT2D eigenvalue weighted by atomic mass is 10.1. The lowest BCUT2D eigenvalue weighted by Crippen LogP contribution is -2.40. The molecule has 5 heteroatoms. The van der Waals surface area contributed by atoms with Crippen molar-refractivity contribution in [3.63, 3.8) is 0 Å². The molecule has 1 amide bonds. The van der Waals surface area contributed by atoms with Gasteiger partial charge in [0.2, 0.25) is 0 Å². The number of pyridine rings is 1. The highest BCUT2D eigenvalue weighted by atomic mass is 79.9. The van der Waals surface area contributed by atoms with Gasteiger partial charge in [-0.3, -0.25) is 4.79 Å². The number of anilines is 2. The second-order valence-corrected chi connectivity index (χ2v) is 7.08. The van der Waals surface area contributed by atoms with Crippen molar-refractivity contribution in [2.24, 2.45) is 0 Å². The highest BCUT2D eigenvalue weighted by Gasteiger charge is 2.15. The molecule has 0 saturated carbocycles. The lowest BCUT2D eigenvalue weighted by Gasteiger charge is -2.20. The van der Waals surface area contributed by atoms with E-state index in [2.05, 4.69) is 31.5 Å². The summed E-state index contributed by atoms with van der Waals surface area (Å²) in [6.45, 7) is 7.86. The Hall–Kier alpha value is -1.88. The van der Waals surface area contributed by atoms with Gasteiger partial charge in [-0.2, -0.15) is 0 Å². The number of carbonyl (C=O) groups is 1. The molecule has 0 aliphatic rings. The number of rotatable bonds is 3. The average molecular weight is 362 g/mol. The van der Waals surface area contributed by atoms with Gasteiger partial charge in [-0.1, -0.05) is 22.0 Å². The fourth-order valence-corrected chi connectivity index (χ4v) is 2.22. The Morgan fingerprint density at radius 2 is 1.82 bits per heavy atom. The van der Waals surface area contributed by atoms with E-state index < -0.39 is 0 Å². The van der Waals surface area contributed by atoms with E-state index in [1.807, 2.05) is 52.0 Å². The van der Waals surface area contributed by atoms with E-state index in [-0.39, 0.29) is 11.4 Å². The van der Waals surface area contributed by atoms with Gasteiger partial charge in [0, 0.05) is 15.7 Å². The van der Waals surface area contributed by atoms with Crippen LogP contribution in [0.4, 0.5) is 11.4 Å². The van der Waals surface area contributed by atoms with Crippen molar-refractivity contribution in [3.8, 4) is 0 Å². The maximum Gasteiger partial charge on any atom is 0.270 e. The molecule has 0 unspecified atom stereocenters. The van der Waals surface area contributed by atoms with Crippen LogP contribution in [0.3, 0.4) is 0 Å². The summed E-state index contributed by atoms with van der Waals surface area (Å²) in [6.07, 6.45) is 1.66. The molecule has 0 aliphatic heterocycles. The van der Waals surface area contributed by atoms with Crippen LogP contribution in [0.25, 0.3) is 0 Å². The Kier molecular flexibility index (Phi) is 4.86. The average Bonchev–Trinajstić information content (AvgIpc) is 2.42. The van der Waals surface area contributed by atoms with Gasteiger partial charge in [0.25, 0.3) is 5.91 Å². The molecule has 22 heavy (non-hydrogen) atoms. The zero-order chi connectivity index (χ0) is 16.3. The number of hydrogen-bond acceptors (Lipinski definition) is 3. The molecule has 2 rings (SSSR count). The Balaban J connectivity index is 2.08. The summed E-state index contributed by atoms with van der Waals surface area (Å²) < 4.78 is 1.05. The van der Waals surface area contributed by atoms with Crippen LogP contribution in [-0.2, 0) is 0 Å². The molecule has 0 radical (unpaired) electrons. The molecule has 0 spiro atoms. The maximum atomic E-state index is 12.0. The molecule has 1 aromatic carbocycles. The number of nitrogens with zero attached hydrogens (tertiary/aromatic N) is 1. The summed E-state index contributed by atoms with van der Waals surface area (Å²) >= 11 is 3.51. The molecule has 0 atom stereocenters. The molecule has 1 heterocycles. The summed E-state index contributed by atoms with van der Waals surface area (Å²) in [5.74, 6) is -0.169. The van der Waals surface area contributed by atoms with Crippen molar-refractivity contribution in [2.75, 3.05) is 5.32 Å². The maximum absolute atomic E-state index is 12.0. The number of amides is 1. The van der Waals surface area contributed by atoms with E-state index in [9.17, 15) is 4.79 Å². The van der Waals surface area contributed by atoms with E-state index in [1.54, 1.807) is 12.3 Å². The van der Waals surface area contributed by atoms with Crippen LogP contribution in [0.5, 0.6) is 0 Å². The molecule has 0 bridgehead atoms. The predicted octanol–water partition coefficient (Wildman–Crippen LogP) is 4.42. The third-order valence-corrected chi connectivity index (χ3v) is 3.80. The number of carbonyl (C=O) groups excluding carboxylic acids is 1. The molecule has 1 aromatic heterocycles. The molecule has 0 aliphatic carbocycles. The van der Waals surface area contributed by atoms with Gasteiger partial charge in [0.05, 0.1) is 11.9 Å². The largest absolute Gasteiger partial charge is 0.354 e. The standard InChI is InChI=1S/C17H20BrN3O/c1-11-5-6-12(9-14(11)18)20-13-7-8-15(19-10-13)16(22)21-17(2,3)4/h5-10,20H,1-4H3,(H,21,22). The van der Waals surface area contributed by atoms with Crippen molar-refractivity contribution in [3.05, 3.63) is 52.3 Å². The first kappa shape index (κ1) is 16.5. The van der Waals surface area contributed by atoms with Crippen LogP contribution >= 0.6 is 15.9 Å². The molecule has 4 nitrogen and oxygen atoms in total. The monoisotopic (exact) mass is 361 g/mol. The summed E-state index contributed by atoms with van der Waals surface area (Å²) in [4.78, 5) is 16.2. The number of aryl methyl sites for hydroxylation is 1. The van der Waals surface area contributed by atoms with Crippen molar-refractivity contribution < 1.29 is 4.79 Å². The van der Waals surface area contributed by atoms with E-state index >= 15 is 0 Å². The Morgan fingerprint density at radius 1 is 1.14 bits per heavy atom. The SMILES string of the molecule is Cc1ccc(Nc2ccc(C(=O)NC(C)(C)C)nc2)cc1Br. The van der Waals surface area contributed by atoms with E-state index in [0.29, 0.717) is 5.69 Å². The summed E-state index contributed by atoms with van der Waals surface area (Å²) in [5, 5.41) is 6.15. The highest BCUT2D eigenvalue weighted by molar-refractivity contribution is 9.10. The first-order valence-electron chi connectivity index (χ1n) is 7.06. The predicted molar refractivity (Wildman–Crippen MR) is 93.6 cm³/mol. The molecule has 0 saturated heterocycles. The number of halogens is 1. The van der Waals surface area contributed by atoms with Gasteiger partial charge >= 0.3 is 0 Å². The fourth-order valence-electron chi connectivity index (χ4n) is 1.84. The van der Waals surface area contributed by atoms with Crippen molar-refractivity contribution >= 4 is 33.2 Å². The van der Waals surface area contributed by atoms with Crippen LogP contribution in [-0.4, -0.2) is 16.4 Å². The second kappa shape index (κ2) is 6.48. The Labute approximate surface area is 139 Å². The Morgan fingerprint density at radius 3 is 2.36 bits per heavy atom. The van der Waals surface area contributed by atoms with Gasteiger partial charge < -0.3 is 10.6 Å². The van der Waals surface area contributed by atoms with Crippen molar-refractivity contribution in [1.82, 2.24) is 10.3 Å². The van der Waals surface area contributed by atoms with Crippen LogP contribution < -0.4 is 10.6 Å². The minimum absolute atomic E-state index is 0.169. The van der Waals surface area contributed by atoms with Crippen LogP contribution in [0, 0.1) is 6.92 Å². The first-order chi connectivity index (χ1) is 10.2. The zero-order valence-corrected chi connectivity index (χ0v) is 14.8. The van der Waals surface area contributed by atoms with Crippen LogP contribution in [0.1, 0.15) is 36.8 Å². The number of benzene rings is 1. The fraction of sp³-hybridized carbons (Fsp3) is 0.294. The zero-order valence-electron chi connectivity index (χ0n) is 13.2. The molecule has 116 valence electrons. The lowest BCUT2D eigenvalue weighted by molar-refractivity contribution is 0.0914. The molecular weight excluding hydrogens is 342 g/mol. The van der Waals surface area contributed by atoms with Gasteiger partial charge in [-0.25, -0.2) is 4.98 Å². The van der Waals surface area contributed by atoms with Crippen LogP contribution in [0.2, 0.25) is 0 Å². The van der Waals surface area contributed by atoms with E-state index in [1.165, 1.54) is 5.56 Å². The normalized spacial score (nSPS) is 11.1. The minimum Gasteiger partial charge on any atom is -0.354 e. The summed E-state index contributed by atoms with van der Waals surface area (Å²) in [7, 11) is 0. The number of aromatic nitrogens is 1. The van der Waals surface area contributed by atoms with Gasteiger partial charge in [0.15, 0.2) is 0 Å². The smallest absolute Gasteiger partial charge is 0.270 e. The molecular formula is C17H20BrN3O. The quantitative estimate of drug-likeness (QED) is 0.850. The van der Waals surface area contributed by atoms with E-state index in [4.69, 9.17) is 0 Å². The molecule has 2 aromatic rings. The Bertz CT molecular complexity index is 675. The number of hydrogen-bond donors (Lipinski definition) is 2. The summed E-state index contributed by atoms with van der Waals surface area (Å²) in [6, 6.07) is 9.60. The third-order valence-electron chi connectivity index (χ3n) is 2.95. The van der Waals surface area contributed by atoms with Crippen LogP contribution in [0.15, 0.2) is 41.0 Å². The third kappa shape index (κ3) is 4.56. The second-order valence-electron chi connectivity index (χ2n) is 6.23. The van der Waals surface area contributed by atoms with E-state index in [0.717, 1.165) is 15.8 Å². The summed E-state index contributed by atoms with van der Waals surface area (Å²) in [5.41, 5.74) is 3.11. The van der Waals surface area contributed by atoms with Gasteiger partial charge in [-0.15, -0.1) is 0 Å². The molecule has 2 N–H and O–H groups in total. The van der Waals surface area contributed by atoms with Crippen molar-refractivity contribution in [1.29, 1.82) is 0 Å². The number of nitrogens with one attached hydrogen (secondary N) is 2.